The number of hydrogen-bond donors (Lipinski definition) is 1. The van der Waals surface area contributed by atoms with Crippen LogP contribution in [0.1, 0.15) is 36.3 Å². The van der Waals surface area contributed by atoms with Crippen LogP contribution in [0, 0.1) is 5.92 Å². The molecular weight excluding hydrogens is 362 g/mol. The zero-order chi connectivity index (χ0) is 19.2. The first kappa shape index (κ1) is 19.7. The minimum absolute atomic E-state index is 0.124. The molecule has 1 saturated heterocycles. The van der Waals surface area contributed by atoms with E-state index in [0.29, 0.717) is 17.4 Å². The number of phenols is 1. The highest BCUT2D eigenvalue weighted by Crippen LogP contribution is 2.35. The van der Waals surface area contributed by atoms with Gasteiger partial charge in [-0.3, -0.25) is 4.79 Å². The van der Waals surface area contributed by atoms with Crippen molar-refractivity contribution in [1.82, 2.24) is 4.90 Å². The number of benzene rings is 2. The molecule has 27 heavy (non-hydrogen) atoms. The number of phenolic OH excluding ortho intramolecular Hbond substituents is 1. The standard InChI is InChI=1S/C22H26ClNO3/c1-27-15-16-9-11-24(12-10-16)22(26)14-20(17-5-4-6-18(25)13-17)19-7-2-3-8-21(19)23/h2-8,13,16,20,25H,9-12,14-15H2,1H3. The summed E-state index contributed by atoms with van der Waals surface area (Å²) < 4.78 is 5.24. The van der Waals surface area contributed by atoms with Crippen LogP contribution in [-0.2, 0) is 9.53 Å². The molecule has 144 valence electrons. The van der Waals surface area contributed by atoms with E-state index in [9.17, 15) is 9.90 Å². The Bertz CT molecular complexity index is 772. The van der Waals surface area contributed by atoms with E-state index in [0.717, 1.165) is 43.7 Å². The van der Waals surface area contributed by atoms with Crippen LogP contribution in [-0.4, -0.2) is 42.7 Å². The molecule has 4 nitrogen and oxygen atoms in total. The van der Waals surface area contributed by atoms with Crippen LogP contribution >= 0.6 is 11.6 Å². The molecule has 5 heteroatoms. The minimum atomic E-state index is -0.185. The molecule has 0 aromatic heterocycles. The zero-order valence-corrected chi connectivity index (χ0v) is 16.4. The molecule has 0 bridgehead atoms. The Hall–Kier alpha value is -2.04. The van der Waals surface area contributed by atoms with Gasteiger partial charge in [0.25, 0.3) is 0 Å². The predicted octanol–water partition coefficient (Wildman–Crippen LogP) is 4.45. The minimum Gasteiger partial charge on any atom is -0.508 e. The number of likely N-dealkylation sites (tertiary alicyclic amines) is 1. The average molecular weight is 388 g/mol. The predicted molar refractivity (Wildman–Crippen MR) is 107 cm³/mol. The van der Waals surface area contributed by atoms with Gasteiger partial charge in [0.05, 0.1) is 0 Å². The lowest BCUT2D eigenvalue weighted by Crippen LogP contribution is -2.40. The van der Waals surface area contributed by atoms with Gasteiger partial charge in [0, 0.05) is 44.2 Å². The quantitative estimate of drug-likeness (QED) is 0.796. The molecule has 1 atom stereocenters. The molecule has 0 spiro atoms. The first-order chi connectivity index (χ1) is 13.1. The van der Waals surface area contributed by atoms with Crippen LogP contribution in [0.5, 0.6) is 5.75 Å². The monoisotopic (exact) mass is 387 g/mol. The summed E-state index contributed by atoms with van der Waals surface area (Å²) >= 11 is 6.43. The molecule has 1 heterocycles. The summed E-state index contributed by atoms with van der Waals surface area (Å²) in [6.45, 7) is 2.29. The maximum absolute atomic E-state index is 13.0. The van der Waals surface area contributed by atoms with E-state index < -0.39 is 0 Å². The Morgan fingerprint density at radius 2 is 1.96 bits per heavy atom. The third-order valence-corrected chi connectivity index (χ3v) is 5.65. The number of methoxy groups -OCH3 is 1. The average Bonchev–Trinajstić information content (AvgIpc) is 2.67. The number of carbonyl (C=O) groups is 1. The molecule has 0 aliphatic carbocycles. The molecule has 3 rings (SSSR count). The van der Waals surface area contributed by atoms with E-state index in [1.807, 2.05) is 35.2 Å². The summed E-state index contributed by atoms with van der Waals surface area (Å²) in [5.41, 5.74) is 1.80. The van der Waals surface area contributed by atoms with Gasteiger partial charge in [0.1, 0.15) is 5.75 Å². The van der Waals surface area contributed by atoms with E-state index in [4.69, 9.17) is 16.3 Å². The van der Waals surface area contributed by atoms with Gasteiger partial charge < -0.3 is 14.7 Å². The fraction of sp³-hybridized carbons (Fsp3) is 0.409. The Morgan fingerprint density at radius 1 is 1.22 bits per heavy atom. The van der Waals surface area contributed by atoms with Gasteiger partial charge in [0.2, 0.25) is 5.91 Å². The molecule has 0 radical (unpaired) electrons. The second kappa shape index (κ2) is 9.25. The van der Waals surface area contributed by atoms with Crippen molar-refractivity contribution in [3.63, 3.8) is 0 Å². The van der Waals surface area contributed by atoms with Gasteiger partial charge in [0.15, 0.2) is 0 Å². The third-order valence-electron chi connectivity index (χ3n) is 5.30. The maximum atomic E-state index is 13.0. The number of hydrogen-bond acceptors (Lipinski definition) is 3. The van der Waals surface area contributed by atoms with Crippen LogP contribution in [0.3, 0.4) is 0 Å². The summed E-state index contributed by atoms with van der Waals surface area (Å²) in [4.78, 5) is 14.9. The number of halogens is 1. The van der Waals surface area contributed by atoms with Crippen LogP contribution in [0.2, 0.25) is 5.02 Å². The van der Waals surface area contributed by atoms with Crippen molar-refractivity contribution in [2.24, 2.45) is 5.92 Å². The Labute approximate surface area is 165 Å². The highest BCUT2D eigenvalue weighted by atomic mass is 35.5. The molecule has 1 fully saturated rings. The number of carbonyl (C=O) groups excluding carboxylic acids is 1. The van der Waals surface area contributed by atoms with Crippen molar-refractivity contribution in [3.8, 4) is 5.75 Å². The lowest BCUT2D eigenvalue weighted by Gasteiger charge is -2.33. The van der Waals surface area contributed by atoms with E-state index in [1.165, 1.54) is 0 Å². The largest absolute Gasteiger partial charge is 0.508 e. The van der Waals surface area contributed by atoms with Gasteiger partial charge in [-0.15, -0.1) is 0 Å². The second-order valence-electron chi connectivity index (χ2n) is 7.15. The fourth-order valence-corrected chi connectivity index (χ4v) is 4.06. The number of ether oxygens (including phenoxy) is 1. The molecule has 1 unspecified atom stereocenters. The summed E-state index contributed by atoms with van der Waals surface area (Å²) in [6, 6.07) is 14.7. The van der Waals surface area contributed by atoms with Crippen molar-refractivity contribution in [3.05, 3.63) is 64.7 Å². The molecule has 1 aliphatic heterocycles. The summed E-state index contributed by atoms with van der Waals surface area (Å²) in [7, 11) is 1.72. The number of aromatic hydroxyl groups is 1. The van der Waals surface area contributed by atoms with Crippen molar-refractivity contribution in [2.45, 2.75) is 25.2 Å². The van der Waals surface area contributed by atoms with Crippen LogP contribution in [0.25, 0.3) is 0 Å². The summed E-state index contributed by atoms with van der Waals surface area (Å²) in [6.07, 6.45) is 2.28. The molecule has 1 amide bonds. The second-order valence-corrected chi connectivity index (χ2v) is 7.56. The smallest absolute Gasteiger partial charge is 0.223 e. The number of amides is 1. The highest BCUT2D eigenvalue weighted by molar-refractivity contribution is 6.31. The van der Waals surface area contributed by atoms with Crippen molar-refractivity contribution in [2.75, 3.05) is 26.8 Å². The van der Waals surface area contributed by atoms with E-state index in [2.05, 4.69) is 0 Å². The molecular formula is C22H26ClNO3. The Kier molecular flexibility index (Phi) is 6.75. The lowest BCUT2D eigenvalue weighted by atomic mass is 9.87. The molecule has 2 aromatic carbocycles. The topological polar surface area (TPSA) is 49.8 Å². The van der Waals surface area contributed by atoms with Crippen molar-refractivity contribution >= 4 is 17.5 Å². The normalized spacial score (nSPS) is 16.3. The van der Waals surface area contributed by atoms with Crippen LogP contribution in [0.4, 0.5) is 0 Å². The van der Waals surface area contributed by atoms with Gasteiger partial charge in [-0.2, -0.15) is 0 Å². The van der Waals surface area contributed by atoms with Crippen molar-refractivity contribution < 1.29 is 14.6 Å². The molecule has 2 aromatic rings. The Balaban J connectivity index is 1.78. The number of nitrogens with zero attached hydrogens (tertiary/aromatic N) is 1. The van der Waals surface area contributed by atoms with Gasteiger partial charge in [-0.1, -0.05) is 41.9 Å². The van der Waals surface area contributed by atoms with Gasteiger partial charge >= 0.3 is 0 Å². The van der Waals surface area contributed by atoms with E-state index in [-0.39, 0.29) is 17.6 Å². The first-order valence-corrected chi connectivity index (χ1v) is 9.76. The van der Waals surface area contributed by atoms with E-state index in [1.54, 1.807) is 25.3 Å². The summed E-state index contributed by atoms with van der Waals surface area (Å²) in [5.74, 6) is 0.663. The van der Waals surface area contributed by atoms with Crippen LogP contribution in [0.15, 0.2) is 48.5 Å². The van der Waals surface area contributed by atoms with Crippen LogP contribution < -0.4 is 0 Å². The molecule has 0 saturated carbocycles. The third kappa shape index (κ3) is 5.02. The Morgan fingerprint density at radius 3 is 2.63 bits per heavy atom. The molecule has 1 N–H and O–H groups in total. The maximum Gasteiger partial charge on any atom is 0.223 e. The number of piperidine rings is 1. The van der Waals surface area contributed by atoms with Crippen molar-refractivity contribution in [1.29, 1.82) is 0 Å². The number of rotatable bonds is 6. The first-order valence-electron chi connectivity index (χ1n) is 9.38. The van der Waals surface area contributed by atoms with Gasteiger partial charge in [-0.05, 0) is 48.1 Å². The summed E-state index contributed by atoms with van der Waals surface area (Å²) in [5, 5.41) is 10.5. The SMILES string of the molecule is COCC1CCN(C(=O)CC(c2cccc(O)c2)c2ccccc2Cl)CC1. The van der Waals surface area contributed by atoms with Gasteiger partial charge in [-0.25, -0.2) is 0 Å². The van der Waals surface area contributed by atoms with E-state index >= 15 is 0 Å². The zero-order valence-electron chi connectivity index (χ0n) is 15.6. The lowest BCUT2D eigenvalue weighted by molar-refractivity contribution is -0.133. The fourth-order valence-electron chi connectivity index (χ4n) is 3.80. The highest BCUT2D eigenvalue weighted by Gasteiger charge is 2.27. The molecule has 1 aliphatic rings.